The van der Waals surface area contributed by atoms with E-state index in [0.717, 1.165) is 17.3 Å². The number of methoxy groups -OCH3 is 2. The highest BCUT2D eigenvalue weighted by Crippen LogP contribution is 2.30. The van der Waals surface area contributed by atoms with Crippen molar-refractivity contribution in [2.45, 2.75) is 0 Å². The second-order valence-electron chi connectivity index (χ2n) is 5.85. The minimum absolute atomic E-state index is 0.0808. The number of ether oxygens (including phenoxy) is 2. The summed E-state index contributed by atoms with van der Waals surface area (Å²) >= 11 is 0. The molecule has 0 radical (unpaired) electrons. The maximum Gasteiger partial charge on any atom is 0.354 e. The lowest BCUT2D eigenvalue weighted by Gasteiger charge is -2.20. The van der Waals surface area contributed by atoms with Crippen LogP contribution in [-0.2, 0) is 33.2 Å². The van der Waals surface area contributed by atoms with Gasteiger partial charge in [0.2, 0.25) is 0 Å². The number of aromatic nitrogens is 2. The van der Waals surface area contributed by atoms with Crippen LogP contribution in [0.4, 0.5) is 11.4 Å². The fourth-order valence-electron chi connectivity index (χ4n) is 2.58. The number of aryl methyl sites for hydroxylation is 2. The van der Waals surface area contributed by atoms with Crippen LogP contribution < -0.4 is 15.9 Å². The third kappa shape index (κ3) is 3.41. The summed E-state index contributed by atoms with van der Waals surface area (Å²) in [6.07, 6.45) is 1.01. The smallest absolute Gasteiger partial charge is 0.354 e. The van der Waals surface area contributed by atoms with Crippen molar-refractivity contribution in [3.8, 4) is 0 Å². The molecule has 0 bridgehead atoms. The maximum atomic E-state index is 12.2. The number of nitrogens with zero attached hydrogens (tertiary/aromatic N) is 3. The third-order valence-corrected chi connectivity index (χ3v) is 4.01. The Morgan fingerprint density at radius 2 is 1.65 bits per heavy atom. The molecule has 0 saturated heterocycles. The van der Waals surface area contributed by atoms with Gasteiger partial charge in [-0.05, 0) is 12.1 Å². The Kier molecular flexibility index (Phi) is 5.39. The molecule has 0 atom stereocenters. The number of anilines is 2. The summed E-state index contributed by atoms with van der Waals surface area (Å²) in [6.45, 7) is 0. The molecule has 1 aromatic heterocycles. The van der Waals surface area contributed by atoms with Gasteiger partial charge in [-0.3, -0.25) is 9.13 Å². The second-order valence-corrected chi connectivity index (χ2v) is 5.85. The van der Waals surface area contributed by atoms with Gasteiger partial charge in [0.25, 0.3) is 0 Å². The van der Waals surface area contributed by atoms with E-state index in [1.54, 1.807) is 20.2 Å². The van der Waals surface area contributed by atoms with Crippen molar-refractivity contribution in [3.63, 3.8) is 0 Å². The van der Waals surface area contributed by atoms with Crippen LogP contribution in [0.1, 0.15) is 0 Å². The van der Waals surface area contributed by atoms with Gasteiger partial charge in [-0.15, -0.1) is 0 Å². The van der Waals surface area contributed by atoms with E-state index in [0.29, 0.717) is 11.2 Å². The molecule has 140 valence electrons. The normalized spacial score (nSPS) is 11.4. The highest BCUT2D eigenvalue weighted by atomic mass is 16.5. The van der Waals surface area contributed by atoms with Crippen molar-refractivity contribution in [1.29, 1.82) is 0 Å². The van der Waals surface area contributed by atoms with Gasteiger partial charge in [0.1, 0.15) is 5.70 Å². The number of carbonyl (C=O) groups excluding carboxylic acids is 2. The topological polar surface area (TPSA) is 94.8 Å². The summed E-state index contributed by atoms with van der Waals surface area (Å²) in [6, 6.07) is 3.56. The van der Waals surface area contributed by atoms with Gasteiger partial charge < -0.3 is 19.7 Å². The van der Waals surface area contributed by atoms with E-state index in [-0.39, 0.29) is 11.4 Å². The number of fused-ring (bicyclic) bond motifs is 1. The molecule has 0 spiro atoms. The van der Waals surface area contributed by atoms with Crippen LogP contribution in [-0.4, -0.2) is 49.4 Å². The summed E-state index contributed by atoms with van der Waals surface area (Å²) in [5.74, 6) is -1.42. The van der Waals surface area contributed by atoms with Gasteiger partial charge in [0.15, 0.2) is 0 Å². The van der Waals surface area contributed by atoms with E-state index in [2.05, 4.69) is 10.1 Å². The number of imidazole rings is 1. The second kappa shape index (κ2) is 7.34. The molecule has 0 unspecified atom stereocenters. The minimum Gasteiger partial charge on any atom is -0.466 e. The molecular formula is C17H22N4O5. The SMILES string of the molecule is COC(=O)/C=C(/Nc1cc2c(cc1N(C)C)n(C)c(=O)n2C)C(=O)OC. The molecule has 9 heteroatoms. The minimum atomic E-state index is -0.720. The quantitative estimate of drug-likeness (QED) is 0.614. The molecular weight excluding hydrogens is 340 g/mol. The van der Waals surface area contributed by atoms with Crippen LogP contribution in [0.5, 0.6) is 0 Å². The maximum absolute atomic E-state index is 12.2. The summed E-state index contributed by atoms with van der Waals surface area (Å²) < 4.78 is 12.3. The Hall–Kier alpha value is -3.23. The van der Waals surface area contributed by atoms with Gasteiger partial charge in [-0.25, -0.2) is 14.4 Å². The monoisotopic (exact) mass is 362 g/mol. The molecule has 1 aromatic carbocycles. The summed E-state index contributed by atoms with van der Waals surface area (Å²) in [7, 11) is 9.44. The molecule has 26 heavy (non-hydrogen) atoms. The first-order valence-corrected chi connectivity index (χ1v) is 7.73. The van der Waals surface area contributed by atoms with E-state index in [1.165, 1.54) is 23.4 Å². The third-order valence-electron chi connectivity index (χ3n) is 4.01. The summed E-state index contributed by atoms with van der Waals surface area (Å²) in [5, 5.41) is 2.91. The largest absolute Gasteiger partial charge is 0.466 e. The van der Waals surface area contributed by atoms with E-state index >= 15 is 0 Å². The van der Waals surface area contributed by atoms with Gasteiger partial charge in [-0.1, -0.05) is 0 Å². The molecule has 1 N–H and O–H groups in total. The van der Waals surface area contributed by atoms with Crippen LogP contribution in [0.25, 0.3) is 11.0 Å². The molecule has 0 aliphatic rings. The zero-order valence-corrected chi connectivity index (χ0v) is 15.6. The van der Waals surface area contributed by atoms with Crippen molar-refractivity contribution < 1.29 is 19.1 Å². The lowest BCUT2D eigenvalue weighted by Crippen LogP contribution is -2.19. The first-order chi connectivity index (χ1) is 12.2. The number of benzene rings is 1. The van der Waals surface area contributed by atoms with Crippen LogP contribution >= 0.6 is 0 Å². The first kappa shape index (κ1) is 19.1. The average molecular weight is 362 g/mol. The number of esters is 2. The predicted octanol–water partition coefficient (Wildman–Crippen LogP) is 0.585. The molecule has 2 aromatic rings. The van der Waals surface area contributed by atoms with Crippen molar-refractivity contribution in [1.82, 2.24) is 9.13 Å². The van der Waals surface area contributed by atoms with E-state index < -0.39 is 11.9 Å². The van der Waals surface area contributed by atoms with Gasteiger partial charge in [-0.2, -0.15) is 0 Å². The lowest BCUT2D eigenvalue weighted by molar-refractivity contribution is -0.138. The van der Waals surface area contributed by atoms with E-state index in [9.17, 15) is 14.4 Å². The summed E-state index contributed by atoms with van der Waals surface area (Å²) in [5.41, 5.74) is 2.42. The molecule has 0 amide bonds. The molecule has 1 heterocycles. The summed E-state index contributed by atoms with van der Waals surface area (Å²) in [4.78, 5) is 37.6. The van der Waals surface area contributed by atoms with Crippen LogP contribution in [0.15, 0.2) is 28.7 Å². The van der Waals surface area contributed by atoms with Crippen LogP contribution in [0.3, 0.4) is 0 Å². The van der Waals surface area contributed by atoms with Crippen molar-refractivity contribution >= 4 is 34.3 Å². The molecule has 0 saturated carbocycles. The standard InChI is InChI=1S/C17H22N4O5/c1-19(2)12-9-14-13(20(3)17(24)21(14)4)7-10(12)18-11(16(23)26-6)8-15(22)25-5/h7-9,18H,1-6H3/b11-8+. The van der Waals surface area contributed by atoms with Crippen LogP contribution in [0, 0.1) is 0 Å². The average Bonchev–Trinajstić information content (AvgIpc) is 2.83. The molecule has 9 nitrogen and oxygen atoms in total. The molecule has 2 rings (SSSR count). The zero-order chi connectivity index (χ0) is 19.6. The van der Waals surface area contributed by atoms with Gasteiger partial charge >= 0.3 is 17.6 Å². The molecule has 0 fully saturated rings. The predicted molar refractivity (Wildman–Crippen MR) is 98.2 cm³/mol. The van der Waals surface area contributed by atoms with E-state index in [1.807, 2.05) is 25.1 Å². The first-order valence-electron chi connectivity index (χ1n) is 7.73. The van der Waals surface area contributed by atoms with Crippen LogP contribution in [0.2, 0.25) is 0 Å². The van der Waals surface area contributed by atoms with E-state index in [4.69, 9.17) is 4.74 Å². The number of nitrogens with one attached hydrogen (secondary N) is 1. The number of hydrogen-bond acceptors (Lipinski definition) is 7. The Morgan fingerprint density at radius 1 is 1.08 bits per heavy atom. The molecule has 0 aliphatic heterocycles. The number of rotatable bonds is 5. The fourth-order valence-corrected chi connectivity index (χ4v) is 2.58. The number of hydrogen-bond donors (Lipinski definition) is 1. The Balaban J connectivity index is 2.66. The highest BCUT2D eigenvalue weighted by Gasteiger charge is 2.18. The Morgan fingerprint density at radius 3 is 2.15 bits per heavy atom. The van der Waals surface area contributed by atoms with Gasteiger partial charge in [0.05, 0.1) is 42.7 Å². The van der Waals surface area contributed by atoms with Crippen molar-refractivity contribution in [3.05, 3.63) is 34.4 Å². The van der Waals surface area contributed by atoms with Crippen molar-refractivity contribution in [2.75, 3.05) is 38.5 Å². The molecule has 0 aliphatic carbocycles. The zero-order valence-electron chi connectivity index (χ0n) is 15.6. The number of carbonyl (C=O) groups is 2. The van der Waals surface area contributed by atoms with Gasteiger partial charge in [0, 0.05) is 28.2 Å². The lowest BCUT2D eigenvalue weighted by atomic mass is 10.2. The fraction of sp³-hybridized carbons (Fsp3) is 0.353. The highest BCUT2D eigenvalue weighted by molar-refractivity contribution is 6.00. The van der Waals surface area contributed by atoms with Crippen molar-refractivity contribution in [2.24, 2.45) is 14.1 Å². The Bertz CT molecular complexity index is 952. The Labute approximate surface area is 150 Å².